The van der Waals surface area contributed by atoms with Crippen LogP contribution < -0.4 is 10.6 Å². The number of hydrogen-bond acceptors (Lipinski definition) is 4. The fourth-order valence-electron chi connectivity index (χ4n) is 2.25. The minimum Gasteiger partial charge on any atom is -0.459 e. The molecule has 1 aromatic rings. The Bertz CT molecular complexity index is 457. The molecule has 23 heavy (non-hydrogen) atoms. The van der Waals surface area contributed by atoms with Crippen molar-refractivity contribution >= 4 is 11.8 Å². The standard InChI is InChI=1S/C17H28N2O4/c1-3-4-5-6-7-8-11-18-17(22)15(13(2)20)19-16(21)14-10-9-12-23-14/h9-10,12-13,15,20H,3-8,11H2,1-2H3,(H,18,22)(H,19,21)/t13-,15+/m1/s1. The molecule has 0 aliphatic heterocycles. The van der Waals surface area contributed by atoms with Crippen LogP contribution in [0.5, 0.6) is 0 Å². The van der Waals surface area contributed by atoms with E-state index in [9.17, 15) is 14.7 Å². The van der Waals surface area contributed by atoms with Crippen LogP contribution in [0, 0.1) is 0 Å². The molecule has 2 atom stereocenters. The summed E-state index contributed by atoms with van der Waals surface area (Å²) in [6, 6.07) is 2.10. The molecule has 0 aromatic carbocycles. The van der Waals surface area contributed by atoms with E-state index in [2.05, 4.69) is 17.6 Å². The van der Waals surface area contributed by atoms with Crippen molar-refractivity contribution < 1.29 is 19.1 Å². The molecule has 3 N–H and O–H groups in total. The third-order valence-electron chi connectivity index (χ3n) is 3.63. The number of aliphatic hydroxyl groups excluding tert-OH is 1. The second-order valence-corrected chi connectivity index (χ2v) is 5.73. The SMILES string of the molecule is CCCCCCCCNC(=O)[C@@H](NC(=O)c1ccco1)[C@@H](C)O. The van der Waals surface area contributed by atoms with E-state index in [0.29, 0.717) is 6.54 Å². The molecule has 6 heteroatoms. The van der Waals surface area contributed by atoms with Gasteiger partial charge in [-0.25, -0.2) is 0 Å². The van der Waals surface area contributed by atoms with Gasteiger partial charge in [0.25, 0.3) is 5.91 Å². The van der Waals surface area contributed by atoms with Gasteiger partial charge in [0.05, 0.1) is 12.4 Å². The maximum absolute atomic E-state index is 12.1. The van der Waals surface area contributed by atoms with Crippen LogP contribution in [0.3, 0.4) is 0 Å². The average molecular weight is 324 g/mol. The third-order valence-corrected chi connectivity index (χ3v) is 3.63. The molecule has 1 aromatic heterocycles. The van der Waals surface area contributed by atoms with Crippen molar-refractivity contribution in [3.63, 3.8) is 0 Å². The molecule has 0 aliphatic carbocycles. The maximum atomic E-state index is 12.1. The molecule has 6 nitrogen and oxygen atoms in total. The fourth-order valence-corrected chi connectivity index (χ4v) is 2.25. The minimum absolute atomic E-state index is 0.111. The van der Waals surface area contributed by atoms with Crippen LogP contribution in [0.15, 0.2) is 22.8 Å². The lowest BCUT2D eigenvalue weighted by atomic mass is 10.1. The molecule has 2 amide bonds. The lowest BCUT2D eigenvalue weighted by Gasteiger charge is -2.20. The average Bonchev–Trinajstić information content (AvgIpc) is 3.05. The lowest BCUT2D eigenvalue weighted by molar-refractivity contribution is -0.125. The van der Waals surface area contributed by atoms with E-state index in [-0.39, 0.29) is 11.7 Å². The molecular formula is C17H28N2O4. The molecular weight excluding hydrogens is 296 g/mol. The van der Waals surface area contributed by atoms with Crippen molar-refractivity contribution in [1.82, 2.24) is 10.6 Å². The number of amides is 2. The first kappa shape index (κ1) is 19.2. The second kappa shape index (κ2) is 10.8. The molecule has 0 spiro atoms. The Balaban J connectivity index is 2.33. The summed E-state index contributed by atoms with van der Waals surface area (Å²) >= 11 is 0. The highest BCUT2D eigenvalue weighted by atomic mass is 16.3. The number of nitrogens with one attached hydrogen (secondary N) is 2. The fraction of sp³-hybridized carbons (Fsp3) is 0.647. The molecule has 0 fully saturated rings. The summed E-state index contributed by atoms with van der Waals surface area (Å²) in [6.45, 7) is 4.19. The van der Waals surface area contributed by atoms with Gasteiger partial charge in [-0.15, -0.1) is 0 Å². The molecule has 0 bridgehead atoms. The summed E-state index contributed by atoms with van der Waals surface area (Å²) in [5.74, 6) is -0.788. The molecule has 0 saturated heterocycles. The van der Waals surface area contributed by atoms with Gasteiger partial charge < -0.3 is 20.2 Å². The monoisotopic (exact) mass is 324 g/mol. The first-order chi connectivity index (χ1) is 11.1. The lowest BCUT2D eigenvalue weighted by Crippen LogP contribution is -2.52. The van der Waals surface area contributed by atoms with Crippen molar-refractivity contribution in [2.24, 2.45) is 0 Å². The number of furan rings is 1. The quantitative estimate of drug-likeness (QED) is 0.544. The van der Waals surface area contributed by atoms with Crippen molar-refractivity contribution in [1.29, 1.82) is 0 Å². The number of rotatable bonds is 11. The van der Waals surface area contributed by atoms with Crippen LogP contribution >= 0.6 is 0 Å². The van der Waals surface area contributed by atoms with Gasteiger partial charge in [0, 0.05) is 6.54 Å². The molecule has 1 rings (SSSR count). The number of hydrogen-bond donors (Lipinski definition) is 3. The van der Waals surface area contributed by atoms with E-state index >= 15 is 0 Å². The van der Waals surface area contributed by atoms with Crippen molar-refractivity contribution in [3.8, 4) is 0 Å². The predicted octanol–water partition coefficient (Wildman–Crippen LogP) is 2.24. The minimum atomic E-state index is -0.993. The van der Waals surface area contributed by atoms with Gasteiger partial charge in [-0.2, -0.15) is 0 Å². The van der Waals surface area contributed by atoms with E-state index in [4.69, 9.17) is 4.42 Å². The van der Waals surface area contributed by atoms with Crippen molar-refractivity contribution in [2.75, 3.05) is 6.54 Å². The first-order valence-corrected chi connectivity index (χ1v) is 8.36. The number of carbonyl (C=O) groups excluding carboxylic acids is 2. The zero-order valence-corrected chi connectivity index (χ0v) is 14.0. The smallest absolute Gasteiger partial charge is 0.287 e. The van der Waals surface area contributed by atoms with E-state index < -0.39 is 18.1 Å². The largest absolute Gasteiger partial charge is 0.459 e. The Kier molecular flexibility index (Phi) is 9.05. The number of unbranched alkanes of at least 4 members (excludes halogenated alkanes) is 5. The molecule has 0 saturated carbocycles. The van der Waals surface area contributed by atoms with Crippen molar-refractivity contribution in [2.45, 2.75) is 64.5 Å². The highest BCUT2D eigenvalue weighted by Crippen LogP contribution is 2.05. The Labute approximate surface area is 137 Å². The normalized spacial score (nSPS) is 13.3. The summed E-state index contributed by atoms with van der Waals surface area (Å²) in [4.78, 5) is 24.0. The first-order valence-electron chi connectivity index (χ1n) is 8.36. The maximum Gasteiger partial charge on any atom is 0.287 e. The van der Waals surface area contributed by atoms with Gasteiger partial charge >= 0.3 is 0 Å². The van der Waals surface area contributed by atoms with Crippen LogP contribution in [-0.2, 0) is 4.79 Å². The Morgan fingerprint density at radius 2 is 1.91 bits per heavy atom. The van der Waals surface area contributed by atoms with Gasteiger partial charge in [-0.05, 0) is 25.5 Å². The van der Waals surface area contributed by atoms with Crippen molar-refractivity contribution in [3.05, 3.63) is 24.2 Å². The summed E-state index contributed by atoms with van der Waals surface area (Å²) < 4.78 is 4.98. The van der Waals surface area contributed by atoms with Gasteiger partial charge in [0.1, 0.15) is 6.04 Å². The number of carbonyl (C=O) groups is 2. The zero-order valence-electron chi connectivity index (χ0n) is 14.0. The molecule has 1 heterocycles. The second-order valence-electron chi connectivity index (χ2n) is 5.73. The summed E-state index contributed by atoms with van der Waals surface area (Å²) in [6.07, 6.45) is 7.20. The molecule has 0 aliphatic rings. The van der Waals surface area contributed by atoms with Crippen LogP contribution in [0.4, 0.5) is 0 Å². The van der Waals surface area contributed by atoms with E-state index in [1.165, 1.54) is 44.9 Å². The summed E-state index contributed by atoms with van der Waals surface area (Å²) in [7, 11) is 0. The van der Waals surface area contributed by atoms with Crippen LogP contribution in [-0.4, -0.2) is 35.6 Å². The van der Waals surface area contributed by atoms with E-state index in [1.54, 1.807) is 6.07 Å². The highest BCUT2D eigenvalue weighted by molar-refractivity contribution is 5.95. The van der Waals surface area contributed by atoms with Gasteiger partial charge in [0.2, 0.25) is 5.91 Å². The number of aliphatic hydroxyl groups is 1. The molecule has 130 valence electrons. The van der Waals surface area contributed by atoms with Crippen LogP contribution in [0.25, 0.3) is 0 Å². The van der Waals surface area contributed by atoms with E-state index in [1.807, 2.05) is 0 Å². The molecule has 0 radical (unpaired) electrons. The Hall–Kier alpha value is -1.82. The van der Waals surface area contributed by atoms with Gasteiger partial charge in [-0.1, -0.05) is 39.0 Å². The predicted molar refractivity (Wildman–Crippen MR) is 88.0 cm³/mol. The Morgan fingerprint density at radius 1 is 1.22 bits per heavy atom. The zero-order chi connectivity index (χ0) is 17.1. The van der Waals surface area contributed by atoms with Crippen LogP contribution in [0.1, 0.15) is 62.9 Å². The highest BCUT2D eigenvalue weighted by Gasteiger charge is 2.26. The summed E-state index contributed by atoms with van der Waals surface area (Å²) in [5, 5.41) is 15.0. The van der Waals surface area contributed by atoms with Gasteiger partial charge in [0.15, 0.2) is 5.76 Å². The topological polar surface area (TPSA) is 91.6 Å². The summed E-state index contributed by atoms with van der Waals surface area (Å²) in [5.41, 5.74) is 0. The van der Waals surface area contributed by atoms with E-state index in [0.717, 1.165) is 12.8 Å². The third kappa shape index (κ3) is 7.32. The van der Waals surface area contributed by atoms with Gasteiger partial charge in [-0.3, -0.25) is 9.59 Å². The molecule has 0 unspecified atom stereocenters. The van der Waals surface area contributed by atoms with Crippen LogP contribution in [0.2, 0.25) is 0 Å². The Morgan fingerprint density at radius 3 is 2.52 bits per heavy atom.